The zero-order valence-corrected chi connectivity index (χ0v) is 13.6. The van der Waals surface area contributed by atoms with Gasteiger partial charge >= 0.3 is 0 Å². The van der Waals surface area contributed by atoms with E-state index in [2.05, 4.69) is 9.97 Å². The van der Waals surface area contributed by atoms with Crippen molar-refractivity contribution >= 4 is 45.6 Å². The Labute approximate surface area is 135 Å². The second kappa shape index (κ2) is 5.91. The monoisotopic (exact) mass is 343 g/mol. The number of benzene rings is 1. The maximum Gasteiger partial charge on any atom is 0.144 e. The van der Waals surface area contributed by atoms with E-state index in [1.54, 1.807) is 11.3 Å². The van der Waals surface area contributed by atoms with Crippen molar-refractivity contribution in [1.29, 1.82) is 0 Å². The zero-order valence-electron chi connectivity index (χ0n) is 11.2. The average Bonchev–Trinajstić information content (AvgIpc) is 3.01. The summed E-state index contributed by atoms with van der Waals surface area (Å²) in [4.78, 5) is 8.85. The van der Waals surface area contributed by atoms with Crippen molar-refractivity contribution in [2.45, 2.75) is 25.8 Å². The predicted octanol–water partition coefficient (Wildman–Crippen LogP) is 4.58. The molecule has 3 nitrogen and oxygen atoms in total. The number of imidazole rings is 1. The van der Waals surface area contributed by atoms with E-state index in [1.807, 2.05) is 16.9 Å². The summed E-state index contributed by atoms with van der Waals surface area (Å²) >= 11 is 13.4. The van der Waals surface area contributed by atoms with Gasteiger partial charge in [0.2, 0.25) is 0 Å². The molecule has 0 saturated carbocycles. The Bertz CT molecular complexity index is 797. The number of aryl methyl sites for hydroxylation is 3. The Kier molecular flexibility index (Phi) is 4.15. The van der Waals surface area contributed by atoms with Gasteiger partial charge in [-0.15, -0.1) is 22.9 Å². The number of halogens is 3. The Morgan fingerprint density at radius 3 is 2.81 bits per heavy atom. The van der Waals surface area contributed by atoms with Crippen LogP contribution >= 0.6 is 34.5 Å². The summed E-state index contributed by atoms with van der Waals surface area (Å²) in [6.07, 6.45) is 0.754. The molecule has 2 heterocycles. The summed E-state index contributed by atoms with van der Waals surface area (Å²) in [5.41, 5.74) is 2.39. The lowest BCUT2D eigenvalue weighted by atomic mass is 10.3. The van der Waals surface area contributed by atoms with E-state index in [4.69, 9.17) is 23.2 Å². The zero-order chi connectivity index (χ0) is 15.0. The van der Waals surface area contributed by atoms with Crippen molar-refractivity contribution in [3.8, 4) is 0 Å². The van der Waals surface area contributed by atoms with Crippen LogP contribution in [-0.2, 0) is 18.8 Å². The molecule has 0 N–H and O–H groups in total. The Hall–Kier alpha value is -1.17. The minimum absolute atomic E-state index is 0.0726. The highest BCUT2D eigenvalue weighted by Crippen LogP contribution is 2.25. The van der Waals surface area contributed by atoms with Crippen molar-refractivity contribution in [3.05, 3.63) is 44.9 Å². The van der Waals surface area contributed by atoms with Crippen molar-refractivity contribution in [2.75, 3.05) is 0 Å². The summed E-state index contributed by atoms with van der Waals surface area (Å²) in [5, 5.41) is 3.14. The molecule has 3 aromatic rings. The van der Waals surface area contributed by atoms with Crippen molar-refractivity contribution in [1.82, 2.24) is 14.5 Å². The van der Waals surface area contributed by atoms with Crippen LogP contribution in [0.5, 0.6) is 0 Å². The van der Waals surface area contributed by atoms with Crippen LogP contribution in [0.2, 0.25) is 5.02 Å². The lowest BCUT2D eigenvalue weighted by Gasteiger charge is -2.06. The third-order valence-corrected chi connectivity index (χ3v) is 4.60. The van der Waals surface area contributed by atoms with Crippen LogP contribution < -0.4 is 0 Å². The van der Waals surface area contributed by atoms with Gasteiger partial charge in [0.25, 0.3) is 0 Å². The number of hydrogen-bond donors (Lipinski definition) is 0. The molecular weight excluding hydrogens is 332 g/mol. The third-order valence-electron chi connectivity index (χ3n) is 3.25. The van der Waals surface area contributed by atoms with Gasteiger partial charge in [0.15, 0.2) is 0 Å². The summed E-state index contributed by atoms with van der Waals surface area (Å²) in [6, 6.07) is 2.94. The molecule has 0 amide bonds. The molecule has 0 atom stereocenters. The van der Waals surface area contributed by atoms with Gasteiger partial charge in [-0.2, -0.15) is 0 Å². The lowest BCUT2D eigenvalue weighted by molar-refractivity contribution is 0.626. The van der Waals surface area contributed by atoms with Crippen LogP contribution in [0.1, 0.15) is 16.5 Å². The molecular formula is C14H12Cl2FN3S. The van der Waals surface area contributed by atoms with Gasteiger partial charge in [0.1, 0.15) is 11.6 Å². The first-order valence-electron chi connectivity index (χ1n) is 6.39. The molecule has 0 saturated heterocycles. The molecule has 0 bridgehead atoms. The fraction of sp³-hybridized carbons (Fsp3) is 0.286. The highest BCUT2D eigenvalue weighted by atomic mass is 35.5. The van der Waals surface area contributed by atoms with Gasteiger partial charge in [0, 0.05) is 24.4 Å². The van der Waals surface area contributed by atoms with E-state index < -0.39 is 5.82 Å². The number of thiazole rings is 1. The molecule has 0 unspecified atom stereocenters. The Morgan fingerprint density at radius 2 is 2.14 bits per heavy atom. The van der Waals surface area contributed by atoms with E-state index in [9.17, 15) is 4.39 Å². The van der Waals surface area contributed by atoms with Crippen LogP contribution in [0.15, 0.2) is 17.5 Å². The Morgan fingerprint density at radius 1 is 1.33 bits per heavy atom. The van der Waals surface area contributed by atoms with Gasteiger partial charge in [-0.05, 0) is 13.0 Å². The largest absolute Gasteiger partial charge is 0.326 e. The van der Waals surface area contributed by atoms with Gasteiger partial charge in [-0.3, -0.25) is 0 Å². The number of hydrogen-bond acceptors (Lipinski definition) is 3. The number of fused-ring (bicyclic) bond motifs is 1. The summed E-state index contributed by atoms with van der Waals surface area (Å²) in [5.74, 6) is 0.528. The first-order chi connectivity index (χ1) is 10.1. The van der Waals surface area contributed by atoms with E-state index in [-0.39, 0.29) is 10.9 Å². The van der Waals surface area contributed by atoms with Gasteiger partial charge in [0.05, 0.1) is 32.6 Å². The number of aromatic nitrogens is 3. The van der Waals surface area contributed by atoms with Gasteiger partial charge in [-0.25, -0.2) is 14.4 Å². The van der Waals surface area contributed by atoms with E-state index in [0.717, 1.165) is 17.1 Å². The van der Waals surface area contributed by atoms with Crippen molar-refractivity contribution in [3.63, 3.8) is 0 Å². The fourth-order valence-corrected chi connectivity index (χ4v) is 3.28. The molecule has 0 aliphatic carbocycles. The highest BCUT2D eigenvalue weighted by Gasteiger charge is 2.13. The van der Waals surface area contributed by atoms with E-state index in [0.29, 0.717) is 23.4 Å². The molecule has 21 heavy (non-hydrogen) atoms. The lowest BCUT2D eigenvalue weighted by Crippen LogP contribution is -2.05. The quantitative estimate of drug-likeness (QED) is 0.649. The molecule has 0 aliphatic rings. The maximum absolute atomic E-state index is 13.7. The van der Waals surface area contributed by atoms with Crippen LogP contribution in [0.3, 0.4) is 0 Å². The molecule has 0 aliphatic heterocycles. The summed E-state index contributed by atoms with van der Waals surface area (Å²) in [7, 11) is 0. The van der Waals surface area contributed by atoms with Gasteiger partial charge in [-0.1, -0.05) is 11.6 Å². The maximum atomic E-state index is 13.7. The second-order valence-corrected chi connectivity index (χ2v) is 6.41. The van der Waals surface area contributed by atoms with Crippen LogP contribution in [-0.4, -0.2) is 14.5 Å². The average molecular weight is 344 g/mol. The van der Waals surface area contributed by atoms with Crippen molar-refractivity contribution in [2.24, 2.45) is 0 Å². The minimum Gasteiger partial charge on any atom is -0.326 e. The SMILES string of the molecule is Cc1nc(CCn2c(CCl)nc3cc(Cl)c(F)cc32)cs1. The standard InChI is InChI=1S/C14H12Cl2FN3S/c1-8-18-9(7-21-8)2-3-20-13-5-11(17)10(16)4-12(13)19-14(20)6-15/h4-5,7H,2-3,6H2,1H3. The first kappa shape index (κ1) is 14.8. The van der Waals surface area contributed by atoms with Crippen LogP contribution in [0, 0.1) is 12.7 Å². The molecule has 110 valence electrons. The number of rotatable bonds is 4. The summed E-state index contributed by atoms with van der Waals surface area (Å²) in [6.45, 7) is 2.63. The second-order valence-electron chi connectivity index (χ2n) is 4.68. The molecule has 3 rings (SSSR count). The first-order valence-corrected chi connectivity index (χ1v) is 8.19. The van der Waals surface area contributed by atoms with E-state index >= 15 is 0 Å². The molecule has 1 aromatic carbocycles. The number of alkyl halides is 1. The number of nitrogens with zero attached hydrogens (tertiary/aromatic N) is 3. The fourth-order valence-electron chi connectivity index (χ4n) is 2.27. The summed E-state index contributed by atoms with van der Waals surface area (Å²) < 4.78 is 15.6. The molecule has 0 spiro atoms. The van der Waals surface area contributed by atoms with Crippen molar-refractivity contribution < 1.29 is 4.39 Å². The Balaban J connectivity index is 1.97. The highest BCUT2D eigenvalue weighted by molar-refractivity contribution is 7.09. The van der Waals surface area contributed by atoms with Gasteiger partial charge < -0.3 is 4.57 Å². The van der Waals surface area contributed by atoms with Crippen LogP contribution in [0.4, 0.5) is 4.39 Å². The molecule has 0 fully saturated rings. The predicted molar refractivity (Wildman–Crippen MR) is 84.8 cm³/mol. The van der Waals surface area contributed by atoms with Crippen LogP contribution in [0.25, 0.3) is 11.0 Å². The van der Waals surface area contributed by atoms with E-state index in [1.165, 1.54) is 12.1 Å². The normalized spacial score (nSPS) is 11.4. The molecule has 2 aromatic heterocycles. The molecule has 0 radical (unpaired) electrons. The third kappa shape index (κ3) is 2.91. The topological polar surface area (TPSA) is 30.7 Å². The molecule has 7 heteroatoms. The minimum atomic E-state index is -0.448. The smallest absolute Gasteiger partial charge is 0.144 e.